The molecule has 6 rings (SSSR count). The zero-order valence-electron chi connectivity index (χ0n) is 17.9. The Morgan fingerprint density at radius 3 is 1.79 bits per heavy atom. The normalized spacial score (nSPS) is 11.2. The zero-order chi connectivity index (χ0) is 23.1. The number of halogens is 1. The number of hydrogen-bond acceptors (Lipinski definition) is 4. The standard InChI is InChI=1S/C28H17BrN4O/c29-20-15-16-24-22(17-20)25(34)21-13-7-8-14-23(21)33(24)28-31-26(18-9-3-1-4-10-18)30-27(32-28)19-11-5-2-6-12-19/h1-17H. The van der Waals surface area contributed by atoms with Crippen LogP contribution in [0.1, 0.15) is 0 Å². The summed E-state index contributed by atoms with van der Waals surface area (Å²) in [6, 6.07) is 32.9. The van der Waals surface area contributed by atoms with E-state index in [1.54, 1.807) is 0 Å². The number of rotatable bonds is 3. The minimum Gasteiger partial charge on any atom is -0.288 e. The van der Waals surface area contributed by atoms with Gasteiger partial charge in [0.25, 0.3) is 0 Å². The van der Waals surface area contributed by atoms with Crippen molar-refractivity contribution < 1.29 is 0 Å². The largest absolute Gasteiger partial charge is 0.288 e. The third-order valence-corrected chi connectivity index (χ3v) is 6.21. The molecule has 0 aliphatic carbocycles. The van der Waals surface area contributed by atoms with Gasteiger partial charge in [-0.1, -0.05) is 88.7 Å². The maximum atomic E-state index is 13.3. The van der Waals surface area contributed by atoms with Crippen LogP contribution in [0, 0.1) is 0 Å². The van der Waals surface area contributed by atoms with Crippen molar-refractivity contribution in [3.63, 3.8) is 0 Å². The fourth-order valence-corrected chi connectivity index (χ4v) is 4.49. The lowest BCUT2D eigenvalue weighted by atomic mass is 10.1. The highest BCUT2D eigenvalue weighted by Gasteiger charge is 2.17. The Labute approximate surface area is 203 Å². The molecule has 6 aromatic rings. The molecule has 0 fully saturated rings. The van der Waals surface area contributed by atoms with Gasteiger partial charge in [-0.2, -0.15) is 9.97 Å². The Hall–Kier alpha value is -4.16. The van der Waals surface area contributed by atoms with Crippen LogP contribution >= 0.6 is 15.9 Å². The van der Waals surface area contributed by atoms with Gasteiger partial charge in [0.2, 0.25) is 5.95 Å². The molecule has 0 amide bonds. The van der Waals surface area contributed by atoms with E-state index in [2.05, 4.69) is 15.9 Å². The molecule has 34 heavy (non-hydrogen) atoms. The van der Waals surface area contributed by atoms with E-state index < -0.39 is 0 Å². The van der Waals surface area contributed by atoms with Gasteiger partial charge in [-0.25, -0.2) is 4.98 Å². The van der Waals surface area contributed by atoms with Crippen molar-refractivity contribution in [3.8, 4) is 28.7 Å². The Morgan fingerprint density at radius 1 is 0.588 bits per heavy atom. The van der Waals surface area contributed by atoms with Gasteiger partial charge in [-0.3, -0.25) is 9.36 Å². The molecule has 162 valence electrons. The van der Waals surface area contributed by atoms with Gasteiger partial charge in [0.1, 0.15) is 0 Å². The quantitative estimate of drug-likeness (QED) is 0.260. The van der Waals surface area contributed by atoms with Crippen LogP contribution in [-0.4, -0.2) is 19.5 Å². The number of pyridine rings is 1. The highest BCUT2D eigenvalue weighted by molar-refractivity contribution is 9.10. The lowest BCUT2D eigenvalue weighted by molar-refractivity contribution is 0.949. The van der Waals surface area contributed by atoms with Gasteiger partial charge in [0.15, 0.2) is 17.1 Å². The van der Waals surface area contributed by atoms with E-state index in [4.69, 9.17) is 15.0 Å². The summed E-state index contributed by atoms with van der Waals surface area (Å²) in [5, 5.41) is 1.20. The molecule has 0 radical (unpaired) electrons. The molecule has 0 aliphatic rings. The molecule has 2 aromatic heterocycles. The molecular weight excluding hydrogens is 488 g/mol. The highest BCUT2D eigenvalue weighted by Crippen LogP contribution is 2.27. The Balaban J connectivity index is 1.75. The minimum absolute atomic E-state index is 0.0243. The molecule has 2 heterocycles. The number of para-hydroxylation sites is 1. The van der Waals surface area contributed by atoms with E-state index in [9.17, 15) is 4.79 Å². The summed E-state index contributed by atoms with van der Waals surface area (Å²) in [7, 11) is 0. The lowest BCUT2D eigenvalue weighted by Gasteiger charge is -2.15. The second-order valence-electron chi connectivity index (χ2n) is 7.86. The van der Waals surface area contributed by atoms with Crippen molar-refractivity contribution in [1.82, 2.24) is 19.5 Å². The number of nitrogens with zero attached hydrogens (tertiary/aromatic N) is 4. The Morgan fingerprint density at radius 2 is 1.15 bits per heavy atom. The summed E-state index contributed by atoms with van der Waals surface area (Å²) in [5.74, 6) is 1.59. The summed E-state index contributed by atoms with van der Waals surface area (Å²) in [6.07, 6.45) is 0. The predicted octanol–water partition coefficient (Wildman–Crippen LogP) is 6.43. The van der Waals surface area contributed by atoms with E-state index in [-0.39, 0.29) is 5.43 Å². The average molecular weight is 505 g/mol. The van der Waals surface area contributed by atoms with Crippen LogP contribution in [-0.2, 0) is 0 Å². The van der Waals surface area contributed by atoms with Crippen molar-refractivity contribution in [2.45, 2.75) is 0 Å². The van der Waals surface area contributed by atoms with Crippen LogP contribution in [0.5, 0.6) is 0 Å². The fourth-order valence-electron chi connectivity index (χ4n) is 4.13. The molecule has 5 nitrogen and oxygen atoms in total. The van der Waals surface area contributed by atoms with E-state index in [1.165, 1.54) is 0 Å². The van der Waals surface area contributed by atoms with Crippen molar-refractivity contribution in [2.75, 3.05) is 0 Å². The predicted molar refractivity (Wildman–Crippen MR) is 139 cm³/mol. The molecule has 0 unspecified atom stereocenters. The summed E-state index contributed by atoms with van der Waals surface area (Å²) in [4.78, 5) is 27.9. The zero-order valence-corrected chi connectivity index (χ0v) is 19.5. The minimum atomic E-state index is -0.0243. The summed E-state index contributed by atoms with van der Waals surface area (Å²) in [6.45, 7) is 0. The monoisotopic (exact) mass is 504 g/mol. The van der Waals surface area contributed by atoms with Crippen LogP contribution in [0.25, 0.3) is 50.5 Å². The van der Waals surface area contributed by atoms with Crippen LogP contribution in [0.2, 0.25) is 0 Å². The maximum Gasteiger partial charge on any atom is 0.238 e. The number of fused-ring (bicyclic) bond motifs is 2. The van der Waals surface area contributed by atoms with Crippen molar-refractivity contribution in [3.05, 3.63) is 118 Å². The molecule has 4 aromatic carbocycles. The summed E-state index contributed by atoms with van der Waals surface area (Å²) >= 11 is 3.51. The lowest BCUT2D eigenvalue weighted by Crippen LogP contribution is -2.13. The van der Waals surface area contributed by atoms with Gasteiger partial charge in [0, 0.05) is 26.4 Å². The van der Waals surface area contributed by atoms with E-state index in [0.717, 1.165) is 26.6 Å². The number of benzene rings is 4. The van der Waals surface area contributed by atoms with Gasteiger partial charge >= 0.3 is 0 Å². The second kappa shape index (κ2) is 8.32. The van der Waals surface area contributed by atoms with E-state index >= 15 is 0 Å². The third kappa shape index (κ3) is 3.49. The molecule has 0 atom stereocenters. The molecule has 0 bridgehead atoms. The maximum absolute atomic E-state index is 13.3. The topological polar surface area (TPSA) is 60.7 Å². The molecule has 0 N–H and O–H groups in total. The molecular formula is C28H17BrN4O. The third-order valence-electron chi connectivity index (χ3n) is 5.72. The first-order valence-corrected chi connectivity index (χ1v) is 11.6. The molecule has 0 aliphatic heterocycles. The van der Waals surface area contributed by atoms with Crippen LogP contribution < -0.4 is 5.43 Å². The fraction of sp³-hybridized carbons (Fsp3) is 0. The first-order valence-electron chi connectivity index (χ1n) is 10.8. The first-order chi connectivity index (χ1) is 16.7. The molecule has 0 saturated carbocycles. The van der Waals surface area contributed by atoms with Gasteiger partial charge in [-0.05, 0) is 30.3 Å². The Kier molecular flexibility index (Phi) is 5.00. The van der Waals surface area contributed by atoms with Gasteiger partial charge in [0.05, 0.1) is 11.0 Å². The highest BCUT2D eigenvalue weighted by atomic mass is 79.9. The Bertz CT molecular complexity index is 1670. The van der Waals surface area contributed by atoms with Crippen LogP contribution in [0.15, 0.2) is 112 Å². The van der Waals surface area contributed by atoms with Gasteiger partial charge in [-0.15, -0.1) is 0 Å². The van der Waals surface area contributed by atoms with E-state index in [0.29, 0.717) is 28.4 Å². The summed E-state index contributed by atoms with van der Waals surface area (Å²) < 4.78 is 2.78. The number of aromatic nitrogens is 4. The van der Waals surface area contributed by atoms with Crippen LogP contribution in [0.4, 0.5) is 0 Å². The van der Waals surface area contributed by atoms with Crippen molar-refractivity contribution >= 4 is 37.7 Å². The van der Waals surface area contributed by atoms with E-state index in [1.807, 2.05) is 108 Å². The second-order valence-corrected chi connectivity index (χ2v) is 8.77. The van der Waals surface area contributed by atoms with Crippen molar-refractivity contribution in [2.24, 2.45) is 0 Å². The molecule has 6 heteroatoms. The van der Waals surface area contributed by atoms with Crippen molar-refractivity contribution in [1.29, 1.82) is 0 Å². The van der Waals surface area contributed by atoms with Crippen LogP contribution in [0.3, 0.4) is 0 Å². The number of hydrogen-bond donors (Lipinski definition) is 0. The first kappa shape index (κ1) is 20.4. The SMILES string of the molecule is O=c1c2ccccc2n(-c2nc(-c3ccccc3)nc(-c3ccccc3)n2)c2ccc(Br)cc12. The smallest absolute Gasteiger partial charge is 0.238 e. The molecule has 0 spiro atoms. The van der Waals surface area contributed by atoms with Gasteiger partial charge < -0.3 is 0 Å². The molecule has 0 saturated heterocycles. The average Bonchev–Trinajstić information content (AvgIpc) is 2.90. The summed E-state index contributed by atoms with van der Waals surface area (Å²) in [5.41, 5.74) is 3.23.